The molecule has 0 bridgehead atoms. The van der Waals surface area contributed by atoms with Gasteiger partial charge in [-0.3, -0.25) is 0 Å². The van der Waals surface area contributed by atoms with Crippen molar-refractivity contribution in [3.63, 3.8) is 0 Å². The van der Waals surface area contributed by atoms with Crippen LogP contribution in [0.25, 0.3) is 0 Å². The van der Waals surface area contributed by atoms with Crippen LogP contribution in [0.15, 0.2) is 35.1 Å². The van der Waals surface area contributed by atoms with Gasteiger partial charge >= 0.3 is 0 Å². The minimum atomic E-state index is 0.816. The molecule has 0 saturated carbocycles. The van der Waals surface area contributed by atoms with Crippen molar-refractivity contribution in [1.82, 2.24) is 9.97 Å². The van der Waals surface area contributed by atoms with Crippen molar-refractivity contribution in [2.75, 3.05) is 24.3 Å². The molecule has 5 heteroatoms. The van der Waals surface area contributed by atoms with Gasteiger partial charge in [-0.15, -0.1) is 0 Å². The summed E-state index contributed by atoms with van der Waals surface area (Å²) in [5.41, 5.74) is 2.43. The van der Waals surface area contributed by atoms with E-state index in [0.29, 0.717) is 0 Å². The Kier molecular flexibility index (Phi) is 5.56. The highest BCUT2D eigenvalue weighted by atomic mass is 79.9. The van der Waals surface area contributed by atoms with E-state index in [2.05, 4.69) is 68.3 Å². The zero-order chi connectivity index (χ0) is 15.2. The molecule has 0 fully saturated rings. The minimum absolute atomic E-state index is 0.816. The lowest BCUT2D eigenvalue weighted by Crippen LogP contribution is -2.20. The van der Waals surface area contributed by atoms with Gasteiger partial charge in [-0.05, 0) is 24.1 Å². The summed E-state index contributed by atoms with van der Waals surface area (Å²) in [6, 6.07) is 8.35. The molecule has 0 amide bonds. The highest BCUT2D eigenvalue weighted by Crippen LogP contribution is 2.25. The second-order valence-electron chi connectivity index (χ2n) is 5.01. The number of rotatable bonds is 6. The second-order valence-corrected chi connectivity index (χ2v) is 5.93. The van der Waals surface area contributed by atoms with Crippen molar-refractivity contribution in [2.45, 2.75) is 26.3 Å². The maximum atomic E-state index is 4.49. The monoisotopic (exact) mass is 348 g/mol. The predicted octanol–water partition coefficient (Wildman–Crippen LogP) is 3.87. The molecule has 112 valence electrons. The molecule has 0 saturated heterocycles. The van der Waals surface area contributed by atoms with E-state index in [4.69, 9.17) is 0 Å². The van der Waals surface area contributed by atoms with Crippen LogP contribution in [0.5, 0.6) is 0 Å². The summed E-state index contributed by atoms with van der Waals surface area (Å²) in [5.74, 6) is 1.92. The summed E-state index contributed by atoms with van der Waals surface area (Å²) in [7, 11) is 3.97. The van der Waals surface area contributed by atoms with Gasteiger partial charge < -0.3 is 10.2 Å². The van der Waals surface area contributed by atoms with E-state index in [0.717, 1.165) is 35.5 Å². The van der Waals surface area contributed by atoms with E-state index in [-0.39, 0.29) is 0 Å². The maximum Gasteiger partial charge on any atom is 0.137 e. The number of hydrogen-bond acceptors (Lipinski definition) is 4. The Balaban J connectivity index is 2.28. The molecule has 0 spiro atoms. The molecule has 0 aliphatic carbocycles. The van der Waals surface area contributed by atoms with E-state index >= 15 is 0 Å². The number of anilines is 2. The van der Waals surface area contributed by atoms with Crippen LogP contribution in [0, 0.1) is 0 Å². The van der Waals surface area contributed by atoms with Gasteiger partial charge in [0.1, 0.15) is 18.0 Å². The lowest BCUT2D eigenvalue weighted by atomic mass is 10.1. The number of benzene rings is 1. The van der Waals surface area contributed by atoms with Crippen molar-refractivity contribution in [2.24, 2.45) is 0 Å². The third-order valence-electron chi connectivity index (χ3n) is 3.33. The second kappa shape index (κ2) is 7.41. The summed E-state index contributed by atoms with van der Waals surface area (Å²) in [6.45, 7) is 2.99. The van der Waals surface area contributed by atoms with Crippen LogP contribution in [0.1, 0.15) is 24.5 Å². The first-order chi connectivity index (χ1) is 10.2. The van der Waals surface area contributed by atoms with Crippen LogP contribution in [-0.4, -0.2) is 24.1 Å². The molecule has 0 aliphatic heterocycles. The lowest BCUT2D eigenvalue weighted by molar-refractivity contribution is 0.844. The normalized spacial score (nSPS) is 10.5. The molecule has 1 heterocycles. The van der Waals surface area contributed by atoms with E-state index in [9.17, 15) is 0 Å². The van der Waals surface area contributed by atoms with E-state index in [1.165, 1.54) is 11.1 Å². The first kappa shape index (κ1) is 15.8. The van der Waals surface area contributed by atoms with Gasteiger partial charge in [-0.25, -0.2) is 9.97 Å². The molecular formula is C16H21BrN4. The highest BCUT2D eigenvalue weighted by molar-refractivity contribution is 9.10. The van der Waals surface area contributed by atoms with Gasteiger partial charge in [0.05, 0.1) is 0 Å². The Morgan fingerprint density at radius 1 is 1.29 bits per heavy atom. The molecule has 4 nitrogen and oxygen atoms in total. The molecule has 21 heavy (non-hydrogen) atoms. The van der Waals surface area contributed by atoms with Crippen molar-refractivity contribution in [3.8, 4) is 0 Å². The quantitative estimate of drug-likeness (QED) is 0.860. The van der Waals surface area contributed by atoms with Crippen LogP contribution in [0.4, 0.5) is 11.6 Å². The van der Waals surface area contributed by atoms with Crippen LogP contribution in [0.3, 0.4) is 0 Å². The predicted molar refractivity (Wildman–Crippen MR) is 91.8 cm³/mol. The minimum Gasteiger partial charge on any atom is -0.373 e. The maximum absolute atomic E-state index is 4.49. The summed E-state index contributed by atoms with van der Waals surface area (Å²) >= 11 is 3.52. The molecule has 2 aromatic rings. The van der Waals surface area contributed by atoms with Gasteiger partial charge in [0.25, 0.3) is 0 Å². The first-order valence-electron chi connectivity index (χ1n) is 7.13. The molecule has 1 aromatic carbocycles. The fourth-order valence-corrected chi connectivity index (χ4v) is 2.86. The van der Waals surface area contributed by atoms with E-state index in [1.807, 2.05) is 13.1 Å². The Labute approximate surface area is 134 Å². The van der Waals surface area contributed by atoms with E-state index in [1.54, 1.807) is 6.33 Å². The Bertz CT molecular complexity index is 601. The van der Waals surface area contributed by atoms with Gasteiger partial charge in [0.2, 0.25) is 0 Å². The average Bonchev–Trinajstić information content (AvgIpc) is 2.47. The zero-order valence-corrected chi connectivity index (χ0v) is 14.3. The third-order valence-corrected chi connectivity index (χ3v) is 3.82. The fourth-order valence-electron chi connectivity index (χ4n) is 2.41. The SMILES string of the molecule is CCCc1c(NC)ncnc1N(C)Cc1cccc(Br)c1. The smallest absolute Gasteiger partial charge is 0.137 e. The summed E-state index contributed by atoms with van der Waals surface area (Å²) < 4.78 is 1.10. The van der Waals surface area contributed by atoms with Crippen molar-refractivity contribution < 1.29 is 0 Å². The van der Waals surface area contributed by atoms with E-state index < -0.39 is 0 Å². The summed E-state index contributed by atoms with van der Waals surface area (Å²) in [6.07, 6.45) is 3.66. The molecular weight excluding hydrogens is 328 g/mol. The van der Waals surface area contributed by atoms with Gasteiger partial charge in [0, 0.05) is 30.7 Å². The molecule has 1 aromatic heterocycles. The zero-order valence-electron chi connectivity index (χ0n) is 12.7. The standard InChI is InChI=1S/C16H21BrN4/c1-4-6-14-15(18-2)19-11-20-16(14)21(3)10-12-7-5-8-13(17)9-12/h5,7-9,11H,4,6,10H2,1-3H3,(H,18,19,20). The largest absolute Gasteiger partial charge is 0.373 e. The molecule has 0 atom stereocenters. The topological polar surface area (TPSA) is 41.1 Å². The number of nitrogens with zero attached hydrogens (tertiary/aromatic N) is 3. The van der Waals surface area contributed by atoms with Crippen molar-refractivity contribution in [1.29, 1.82) is 0 Å². The highest BCUT2D eigenvalue weighted by Gasteiger charge is 2.13. The van der Waals surface area contributed by atoms with Crippen LogP contribution >= 0.6 is 15.9 Å². The number of aromatic nitrogens is 2. The van der Waals surface area contributed by atoms with Crippen molar-refractivity contribution >= 4 is 27.6 Å². The first-order valence-corrected chi connectivity index (χ1v) is 7.92. The number of nitrogens with one attached hydrogen (secondary N) is 1. The van der Waals surface area contributed by atoms with Gasteiger partial charge in [0.15, 0.2) is 0 Å². The van der Waals surface area contributed by atoms with Gasteiger partial charge in [-0.2, -0.15) is 0 Å². The molecule has 1 N–H and O–H groups in total. The number of hydrogen-bond donors (Lipinski definition) is 1. The average molecular weight is 349 g/mol. The van der Waals surface area contributed by atoms with Gasteiger partial charge in [-0.1, -0.05) is 41.4 Å². The molecule has 0 aliphatic rings. The van der Waals surface area contributed by atoms with Crippen LogP contribution < -0.4 is 10.2 Å². The number of halogens is 1. The van der Waals surface area contributed by atoms with Crippen molar-refractivity contribution in [3.05, 3.63) is 46.2 Å². The van der Waals surface area contributed by atoms with Crippen LogP contribution in [-0.2, 0) is 13.0 Å². The Morgan fingerprint density at radius 2 is 2.10 bits per heavy atom. The fraction of sp³-hybridized carbons (Fsp3) is 0.375. The third kappa shape index (κ3) is 3.94. The van der Waals surface area contributed by atoms with Crippen LogP contribution in [0.2, 0.25) is 0 Å². The summed E-state index contributed by atoms with van der Waals surface area (Å²) in [5, 5.41) is 3.16. The Hall–Kier alpha value is -1.62. The molecule has 0 radical (unpaired) electrons. The lowest BCUT2D eigenvalue weighted by Gasteiger charge is -2.22. The molecule has 2 rings (SSSR count). The summed E-state index contributed by atoms with van der Waals surface area (Å²) in [4.78, 5) is 11.0. The molecule has 0 unspecified atom stereocenters. The Morgan fingerprint density at radius 3 is 2.76 bits per heavy atom.